The highest BCUT2D eigenvalue weighted by Gasteiger charge is 1.96. The lowest BCUT2D eigenvalue weighted by atomic mass is 10.1. The molecule has 76 valence electrons. The minimum atomic E-state index is -0.158. The fourth-order valence-electron chi connectivity index (χ4n) is 1.10. The number of ether oxygens (including phenoxy) is 1. The molecule has 2 nitrogen and oxygen atoms in total. The van der Waals surface area contributed by atoms with Gasteiger partial charge in [-0.1, -0.05) is 31.4 Å². The van der Waals surface area contributed by atoms with Crippen LogP contribution in [0.2, 0.25) is 0 Å². The van der Waals surface area contributed by atoms with Crippen LogP contribution in [0.5, 0.6) is 0 Å². The second kappa shape index (κ2) is 7.84. The van der Waals surface area contributed by atoms with Crippen molar-refractivity contribution in [3.05, 3.63) is 11.6 Å². The van der Waals surface area contributed by atoms with Gasteiger partial charge >= 0.3 is 5.97 Å². The van der Waals surface area contributed by atoms with E-state index in [9.17, 15) is 4.79 Å². The van der Waals surface area contributed by atoms with E-state index < -0.39 is 0 Å². The number of allylic oxidation sites excluding steroid dienone is 1. The molecule has 0 bridgehead atoms. The lowest BCUT2D eigenvalue weighted by Crippen LogP contribution is -1.97. The zero-order valence-corrected chi connectivity index (χ0v) is 8.93. The Morgan fingerprint density at radius 1 is 1.38 bits per heavy atom. The van der Waals surface area contributed by atoms with Gasteiger partial charge in [0.2, 0.25) is 0 Å². The fourth-order valence-corrected chi connectivity index (χ4v) is 1.10. The molecule has 0 fully saturated rings. The number of carbonyl (C=O) groups excluding carboxylic acids is 1. The third-order valence-electron chi connectivity index (χ3n) is 2.02. The van der Waals surface area contributed by atoms with Crippen LogP contribution in [0.15, 0.2) is 11.6 Å². The monoisotopic (exact) mass is 184 g/mol. The molecule has 0 N–H and O–H groups in total. The lowest BCUT2D eigenvalue weighted by Gasteiger charge is -2.00. The van der Waals surface area contributed by atoms with Crippen molar-refractivity contribution >= 4 is 5.97 Å². The second-order valence-electron chi connectivity index (χ2n) is 3.29. The van der Waals surface area contributed by atoms with Gasteiger partial charge in [-0.3, -0.25) is 4.79 Å². The Morgan fingerprint density at radius 2 is 2.08 bits per heavy atom. The van der Waals surface area contributed by atoms with Gasteiger partial charge in [0.15, 0.2) is 0 Å². The second-order valence-corrected chi connectivity index (χ2v) is 3.29. The highest BCUT2D eigenvalue weighted by atomic mass is 16.5. The first-order valence-electron chi connectivity index (χ1n) is 4.93. The van der Waals surface area contributed by atoms with E-state index in [4.69, 9.17) is 0 Å². The van der Waals surface area contributed by atoms with Gasteiger partial charge in [-0.15, -0.1) is 0 Å². The molecule has 13 heavy (non-hydrogen) atoms. The topological polar surface area (TPSA) is 26.3 Å². The first kappa shape index (κ1) is 12.2. The van der Waals surface area contributed by atoms with Crippen molar-refractivity contribution in [2.24, 2.45) is 0 Å². The van der Waals surface area contributed by atoms with Crippen LogP contribution in [0.3, 0.4) is 0 Å². The summed E-state index contributed by atoms with van der Waals surface area (Å²) in [5, 5.41) is 0. The fraction of sp³-hybridized carbons (Fsp3) is 0.727. The molecule has 2 heteroatoms. The summed E-state index contributed by atoms with van der Waals surface area (Å²) in [6, 6.07) is 0. The minimum absolute atomic E-state index is 0.158. The van der Waals surface area contributed by atoms with Gasteiger partial charge in [0.1, 0.15) is 0 Å². The van der Waals surface area contributed by atoms with E-state index in [-0.39, 0.29) is 5.97 Å². The van der Waals surface area contributed by atoms with Crippen molar-refractivity contribution in [2.75, 3.05) is 7.11 Å². The molecule has 0 aliphatic heterocycles. The predicted octanol–water partition coefficient (Wildman–Crippen LogP) is 3.08. The van der Waals surface area contributed by atoms with Gasteiger partial charge in [0.25, 0.3) is 0 Å². The van der Waals surface area contributed by atoms with Gasteiger partial charge in [-0.2, -0.15) is 0 Å². The smallest absolute Gasteiger partial charge is 0.309 e. The van der Waals surface area contributed by atoms with Crippen LogP contribution in [-0.2, 0) is 9.53 Å². The molecule has 0 atom stereocenters. The normalized spacial score (nSPS) is 11.5. The summed E-state index contributed by atoms with van der Waals surface area (Å²) >= 11 is 0. The summed E-state index contributed by atoms with van der Waals surface area (Å²) in [4.78, 5) is 10.8. The molecule has 0 saturated carbocycles. The van der Waals surface area contributed by atoms with E-state index in [1.54, 1.807) is 0 Å². The van der Waals surface area contributed by atoms with Crippen molar-refractivity contribution in [1.29, 1.82) is 0 Å². The highest BCUT2D eigenvalue weighted by Crippen LogP contribution is 2.08. The number of methoxy groups -OCH3 is 1. The van der Waals surface area contributed by atoms with Crippen molar-refractivity contribution in [2.45, 2.75) is 46.0 Å². The van der Waals surface area contributed by atoms with Crippen LogP contribution in [-0.4, -0.2) is 13.1 Å². The molecular weight excluding hydrogens is 164 g/mol. The van der Waals surface area contributed by atoms with Crippen LogP contribution in [0.1, 0.15) is 46.0 Å². The lowest BCUT2D eigenvalue weighted by molar-refractivity contribution is -0.139. The molecule has 0 radical (unpaired) electrons. The third kappa shape index (κ3) is 7.57. The summed E-state index contributed by atoms with van der Waals surface area (Å²) in [6.07, 6.45) is 7.20. The molecule has 0 aliphatic carbocycles. The Morgan fingerprint density at radius 3 is 2.62 bits per heavy atom. The molecule has 0 aromatic heterocycles. The van der Waals surface area contributed by atoms with E-state index in [1.807, 2.05) is 6.08 Å². The number of hydrogen-bond acceptors (Lipinski definition) is 2. The first-order valence-corrected chi connectivity index (χ1v) is 4.93. The zero-order chi connectivity index (χ0) is 10.1. The van der Waals surface area contributed by atoms with Crippen molar-refractivity contribution in [1.82, 2.24) is 0 Å². The Balaban J connectivity index is 3.56. The maximum Gasteiger partial charge on any atom is 0.309 e. The number of rotatable bonds is 6. The van der Waals surface area contributed by atoms with Gasteiger partial charge in [-0.25, -0.2) is 0 Å². The highest BCUT2D eigenvalue weighted by molar-refractivity contribution is 5.71. The third-order valence-corrected chi connectivity index (χ3v) is 2.02. The van der Waals surface area contributed by atoms with Gasteiger partial charge in [0, 0.05) is 0 Å². The van der Waals surface area contributed by atoms with Crippen molar-refractivity contribution < 1.29 is 9.53 Å². The number of hydrogen-bond donors (Lipinski definition) is 0. The van der Waals surface area contributed by atoms with Gasteiger partial charge < -0.3 is 4.74 Å². The quantitative estimate of drug-likeness (QED) is 0.360. The largest absolute Gasteiger partial charge is 0.469 e. The Hall–Kier alpha value is -0.790. The van der Waals surface area contributed by atoms with Crippen LogP contribution in [0.4, 0.5) is 0 Å². The number of esters is 1. The van der Waals surface area contributed by atoms with Crippen LogP contribution in [0.25, 0.3) is 0 Å². The molecule has 0 amide bonds. The number of carbonyl (C=O) groups is 1. The Labute approximate surface area is 81.0 Å². The molecule has 0 saturated heterocycles. The Bertz CT molecular complexity index is 171. The van der Waals surface area contributed by atoms with E-state index in [0.717, 1.165) is 6.42 Å². The predicted molar refractivity (Wildman–Crippen MR) is 54.5 cm³/mol. The summed E-state index contributed by atoms with van der Waals surface area (Å²) in [7, 11) is 1.42. The summed E-state index contributed by atoms with van der Waals surface area (Å²) in [6.45, 7) is 4.26. The maximum atomic E-state index is 10.8. The van der Waals surface area contributed by atoms with E-state index in [0.29, 0.717) is 6.42 Å². The molecule has 0 unspecified atom stereocenters. The first-order chi connectivity index (χ1) is 6.20. The standard InChI is InChI=1S/C11H20O2/c1-4-5-6-7-10(2)8-9-11(12)13-3/h8H,4-7,9H2,1-3H3. The molecule has 0 heterocycles. The summed E-state index contributed by atoms with van der Waals surface area (Å²) in [5.41, 5.74) is 1.29. The van der Waals surface area contributed by atoms with E-state index in [2.05, 4.69) is 18.6 Å². The molecule has 0 aromatic carbocycles. The molecule has 0 rings (SSSR count). The molecule has 0 aromatic rings. The van der Waals surface area contributed by atoms with Crippen LogP contribution < -0.4 is 0 Å². The van der Waals surface area contributed by atoms with Gasteiger partial charge in [0.05, 0.1) is 13.5 Å². The average Bonchev–Trinajstić information content (AvgIpc) is 2.14. The SMILES string of the molecule is CCCCCC(C)=CCC(=O)OC. The Kier molecular flexibility index (Phi) is 7.36. The van der Waals surface area contributed by atoms with E-state index >= 15 is 0 Å². The molecule has 0 aliphatic rings. The van der Waals surface area contributed by atoms with Crippen molar-refractivity contribution in [3.63, 3.8) is 0 Å². The number of unbranched alkanes of at least 4 members (excludes halogenated alkanes) is 2. The van der Waals surface area contributed by atoms with Gasteiger partial charge in [-0.05, 0) is 19.8 Å². The zero-order valence-electron chi connectivity index (χ0n) is 8.93. The van der Waals surface area contributed by atoms with E-state index in [1.165, 1.54) is 31.9 Å². The molecular formula is C11H20O2. The average molecular weight is 184 g/mol. The minimum Gasteiger partial charge on any atom is -0.469 e. The van der Waals surface area contributed by atoms with Crippen molar-refractivity contribution in [3.8, 4) is 0 Å². The van der Waals surface area contributed by atoms with Crippen LogP contribution in [0, 0.1) is 0 Å². The maximum absolute atomic E-state index is 10.8. The molecule has 0 spiro atoms. The summed E-state index contributed by atoms with van der Waals surface area (Å²) in [5.74, 6) is -0.158. The summed E-state index contributed by atoms with van der Waals surface area (Å²) < 4.78 is 4.54. The van der Waals surface area contributed by atoms with Crippen LogP contribution >= 0.6 is 0 Å².